The summed E-state index contributed by atoms with van der Waals surface area (Å²) < 4.78 is 19.7. The van der Waals surface area contributed by atoms with Gasteiger partial charge in [0.15, 0.2) is 5.13 Å². The number of halogens is 2. The molecule has 152 valence electrons. The van der Waals surface area contributed by atoms with E-state index in [0.29, 0.717) is 27.1 Å². The molecule has 4 aromatic rings. The Kier molecular flexibility index (Phi) is 5.47. The minimum atomic E-state index is -0.544. The summed E-state index contributed by atoms with van der Waals surface area (Å²) in [7, 11) is 1.53. The molecule has 0 radical (unpaired) electrons. The predicted molar refractivity (Wildman–Crippen MR) is 114 cm³/mol. The number of methoxy groups -OCH3 is 1. The number of thiazole rings is 1. The Morgan fingerprint density at radius 1 is 1.30 bits per heavy atom. The van der Waals surface area contributed by atoms with E-state index in [1.54, 1.807) is 17.5 Å². The van der Waals surface area contributed by atoms with Gasteiger partial charge in [0.1, 0.15) is 18.1 Å². The van der Waals surface area contributed by atoms with E-state index in [0.717, 1.165) is 16.2 Å². The normalized spacial score (nSPS) is 10.9. The van der Waals surface area contributed by atoms with Crippen molar-refractivity contribution in [2.75, 3.05) is 12.4 Å². The van der Waals surface area contributed by atoms with Gasteiger partial charge in [-0.3, -0.25) is 14.2 Å². The van der Waals surface area contributed by atoms with Crippen molar-refractivity contribution in [1.82, 2.24) is 14.5 Å². The molecule has 7 nitrogen and oxygen atoms in total. The summed E-state index contributed by atoms with van der Waals surface area (Å²) in [5, 5.41) is 5.36. The summed E-state index contributed by atoms with van der Waals surface area (Å²) in [5.74, 6) is -0.445. The van der Waals surface area contributed by atoms with Gasteiger partial charge < -0.3 is 10.1 Å². The fourth-order valence-electron chi connectivity index (χ4n) is 2.85. The minimum absolute atomic E-state index is 0.109. The number of ether oxygens (including phenoxy) is 1. The summed E-state index contributed by atoms with van der Waals surface area (Å²) in [4.78, 5) is 33.3. The van der Waals surface area contributed by atoms with Gasteiger partial charge in [0.25, 0.3) is 5.56 Å². The maximum absolute atomic E-state index is 13.4. The van der Waals surface area contributed by atoms with Crippen molar-refractivity contribution in [1.29, 1.82) is 0 Å². The fourth-order valence-corrected chi connectivity index (χ4v) is 3.84. The number of aromatic nitrogens is 3. The standard InChI is InChI=1S/C20H14ClFN4O3S/c1-29-17-5-2-11(6-14(17)21)16-9-30-20(24-16)25-18(27)8-26-10-23-15-4-3-12(22)7-13(15)19(26)28/h2-7,9-10H,8H2,1H3,(H,24,25,27). The Hall–Kier alpha value is -3.30. The third-order valence-electron chi connectivity index (χ3n) is 4.30. The van der Waals surface area contributed by atoms with Crippen LogP contribution < -0.4 is 15.6 Å². The van der Waals surface area contributed by atoms with E-state index in [2.05, 4.69) is 15.3 Å². The largest absolute Gasteiger partial charge is 0.495 e. The molecule has 0 bridgehead atoms. The van der Waals surface area contributed by atoms with Gasteiger partial charge in [-0.1, -0.05) is 11.6 Å². The zero-order valence-electron chi connectivity index (χ0n) is 15.6. The lowest BCUT2D eigenvalue weighted by Gasteiger charge is -2.06. The van der Waals surface area contributed by atoms with E-state index in [1.165, 1.54) is 36.9 Å². The van der Waals surface area contributed by atoms with Gasteiger partial charge >= 0.3 is 0 Å². The van der Waals surface area contributed by atoms with Gasteiger partial charge in [-0.2, -0.15) is 0 Å². The molecular formula is C20H14ClFN4O3S. The summed E-state index contributed by atoms with van der Waals surface area (Å²) in [6.07, 6.45) is 1.26. The van der Waals surface area contributed by atoms with Crippen LogP contribution >= 0.6 is 22.9 Å². The van der Waals surface area contributed by atoms with Crippen LogP contribution in [0.1, 0.15) is 0 Å². The van der Waals surface area contributed by atoms with E-state index in [4.69, 9.17) is 16.3 Å². The molecule has 0 atom stereocenters. The second-order valence-electron chi connectivity index (χ2n) is 6.27. The van der Waals surface area contributed by atoms with Crippen LogP contribution in [0.5, 0.6) is 5.75 Å². The molecule has 10 heteroatoms. The average molecular weight is 445 g/mol. The Balaban J connectivity index is 1.50. The van der Waals surface area contributed by atoms with Gasteiger partial charge in [-0.15, -0.1) is 11.3 Å². The van der Waals surface area contributed by atoms with E-state index in [1.807, 2.05) is 6.07 Å². The van der Waals surface area contributed by atoms with Gasteiger partial charge in [-0.05, 0) is 36.4 Å². The maximum atomic E-state index is 13.4. The number of hydrogen-bond acceptors (Lipinski definition) is 6. The molecule has 0 aliphatic heterocycles. The predicted octanol–water partition coefficient (Wildman–Crippen LogP) is 3.96. The maximum Gasteiger partial charge on any atom is 0.261 e. The highest BCUT2D eigenvalue weighted by Crippen LogP contribution is 2.31. The summed E-state index contributed by atoms with van der Waals surface area (Å²) >= 11 is 7.38. The van der Waals surface area contributed by atoms with Crippen molar-refractivity contribution in [2.45, 2.75) is 6.54 Å². The topological polar surface area (TPSA) is 86.1 Å². The first-order chi connectivity index (χ1) is 14.4. The van der Waals surface area contributed by atoms with Crippen LogP contribution in [0, 0.1) is 5.82 Å². The molecule has 0 saturated carbocycles. The van der Waals surface area contributed by atoms with Crippen LogP contribution in [-0.4, -0.2) is 27.6 Å². The van der Waals surface area contributed by atoms with Crippen molar-refractivity contribution in [2.24, 2.45) is 0 Å². The van der Waals surface area contributed by atoms with E-state index in [9.17, 15) is 14.0 Å². The highest BCUT2D eigenvalue weighted by atomic mass is 35.5. The number of carbonyl (C=O) groups excluding carboxylic acids is 1. The molecule has 0 unspecified atom stereocenters. The third kappa shape index (κ3) is 4.03. The number of nitrogens with one attached hydrogen (secondary N) is 1. The fraction of sp³-hybridized carbons (Fsp3) is 0.100. The quantitative estimate of drug-likeness (QED) is 0.503. The highest BCUT2D eigenvalue weighted by molar-refractivity contribution is 7.14. The number of benzene rings is 2. The minimum Gasteiger partial charge on any atom is -0.495 e. The van der Waals surface area contributed by atoms with Crippen LogP contribution in [0.15, 0.2) is 52.9 Å². The first-order valence-electron chi connectivity index (χ1n) is 8.68. The molecular weight excluding hydrogens is 431 g/mol. The Morgan fingerprint density at radius 2 is 2.13 bits per heavy atom. The lowest BCUT2D eigenvalue weighted by atomic mass is 10.2. The molecule has 1 amide bonds. The molecule has 2 heterocycles. The lowest BCUT2D eigenvalue weighted by Crippen LogP contribution is -2.27. The zero-order valence-corrected chi connectivity index (χ0v) is 17.1. The van der Waals surface area contributed by atoms with E-state index < -0.39 is 17.3 Å². The monoisotopic (exact) mass is 444 g/mol. The second-order valence-corrected chi connectivity index (χ2v) is 7.54. The second kappa shape index (κ2) is 8.21. The number of amides is 1. The summed E-state index contributed by atoms with van der Waals surface area (Å²) in [6.45, 7) is -0.276. The zero-order chi connectivity index (χ0) is 21.3. The average Bonchev–Trinajstić information content (AvgIpc) is 3.19. The van der Waals surface area contributed by atoms with Gasteiger partial charge in [0, 0.05) is 10.9 Å². The van der Waals surface area contributed by atoms with Crippen LogP contribution in [0.2, 0.25) is 5.02 Å². The lowest BCUT2D eigenvalue weighted by molar-refractivity contribution is -0.116. The first-order valence-corrected chi connectivity index (χ1v) is 9.94. The van der Waals surface area contributed by atoms with Gasteiger partial charge in [-0.25, -0.2) is 14.4 Å². The number of hydrogen-bond donors (Lipinski definition) is 1. The SMILES string of the molecule is COc1ccc(-c2csc(NC(=O)Cn3cnc4ccc(F)cc4c3=O)n2)cc1Cl. The molecule has 0 aliphatic rings. The van der Waals surface area contributed by atoms with E-state index >= 15 is 0 Å². The summed E-state index contributed by atoms with van der Waals surface area (Å²) in [6, 6.07) is 9.01. The number of rotatable bonds is 5. The van der Waals surface area contributed by atoms with Crippen LogP contribution in [0.25, 0.3) is 22.2 Å². The van der Waals surface area contributed by atoms with Crippen molar-refractivity contribution in [3.8, 4) is 17.0 Å². The Morgan fingerprint density at radius 3 is 2.90 bits per heavy atom. The summed E-state index contributed by atoms with van der Waals surface area (Å²) in [5.41, 5.74) is 1.28. The van der Waals surface area contributed by atoms with Crippen LogP contribution in [0.4, 0.5) is 9.52 Å². The number of fused-ring (bicyclic) bond motifs is 1. The third-order valence-corrected chi connectivity index (χ3v) is 5.35. The number of nitrogens with zero attached hydrogens (tertiary/aromatic N) is 3. The Bertz CT molecular complexity index is 1320. The van der Waals surface area contributed by atoms with Crippen molar-refractivity contribution < 1.29 is 13.9 Å². The molecule has 2 aromatic carbocycles. The number of anilines is 1. The smallest absolute Gasteiger partial charge is 0.261 e. The van der Waals surface area contributed by atoms with E-state index in [-0.39, 0.29) is 11.9 Å². The highest BCUT2D eigenvalue weighted by Gasteiger charge is 2.12. The Labute approximate surface area is 178 Å². The molecule has 2 aromatic heterocycles. The van der Waals surface area contributed by atoms with Crippen LogP contribution in [-0.2, 0) is 11.3 Å². The van der Waals surface area contributed by atoms with Crippen molar-refractivity contribution in [3.05, 3.63) is 69.3 Å². The molecule has 30 heavy (non-hydrogen) atoms. The number of carbonyl (C=O) groups is 1. The molecule has 0 saturated heterocycles. The molecule has 0 fully saturated rings. The molecule has 4 rings (SSSR count). The first kappa shape index (κ1) is 20.0. The molecule has 0 spiro atoms. The van der Waals surface area contributed by atoms with Gasteiger partial charge in [0.05, 0.1) is 35.1 Å². The molecule has 0 aliphatic carbocycles. The van der Waals surface area contributed by atoms with Crippen molar-refractivity contribution >= 4 is 44.9 Å². The van der Waals surface area contributed by atoms with Crippen LogP contribution in [0.3, 0.4) is 0 Å². The van der Waals surface area contributed by atoms with Gasteiger partial charge in [0.2, 0.25) is 5.91 Å². The van der Waals surface area contributed by atoms with Crippen molar-refractivity contribution in [3.63, 3.8) is 0 Å². The molecule has 1 N–H and O–H groups in total.